The minimum absolute atomic E-state index is 0.560. The number of nitriles is 1. The second kappa shape index (κ2) is 13.3. The summed E-state index contributed by atoms with van der Waals surface area (Å²) in [7, 11) is 0. The second-order valence-corrected chi connectivity index (χ2v) is 11.3. The van der Waals surface area contributed by atoms with Gasteiger partial charge in [-0.15, -0.1) is 0 Å². The molecule has 0 bridgehead atoms. The highest BCUT2D eigenvalue weighted by Gasteiger charge is 2.16. The van der Waals surface area contributed by atoms with Crippen molar-refractivity contribution in [2.75, 3.05) is 0 Å². The second-order valence-electron chi connectivity index (χ2n) is 11.3. The quantitative estimate of drug-likeness (QED) is 0.171. The Bertz CT molecular complexity index is 2260. The predicted octanol–water partition coefficient (Wildman–Crippen LogP) is 11.0. The van der Waals surface area contributed by atoms with E-state index >= 15 is 0 Å². The van der Waals surface area contributed by atoms with E-state index in [9.17, 15) is 5.26 Å². The average molecular weight is 615 g/mol. The minimum Gasteiger partial charge on any atom is -0.248 e. The zero-order chi connectivity index (χ0) is 32.9. The van der Waals surface area contributed by atoms with Crippen molar-refractivity contribution in [1.29, 1.82) is 5.26 Å². The highest BCUT2D eigenvalue weighted by molar-refractivity contribution is 5.83. The molecule has 0 unspecified atom stereocenters. The van der Waals surface area contributed by atoms with Gasteiger partial charge in [0, 0.05) is 22.3 Å². The number of nitrogens with zero attached hydrogens (tertiary/aromatic N) is 4. The van der Waals surface area contributed by atoms with E-state index in [2.05, 4.69) is 104 Å². The number of rotatable bonds is 8. The molecule has 0 N–H and O–H groups in total. The van der Waals surface area contributed by atoms with Gasteiger partial charge in [-0.1, -0.05) is 128 Å². The fourth-order valence-corrected chi connectivity index (χ4v) is 5.81. The van der Waals surface area contributed by atoms with Crippen LogP contribution in [-0.4, -0.2) is 15.0 Å². The van der Waals surface area contributed by atoms with Crippen molar-refractivity contribution in [2.45, 2.75) is 0 Å². The van der Waals surface area contributed by atoms with Gasteiger partial charge < -0.3 is 0 Å². The van der Waals surface area contributed by atoms with E-state index in [0.29, 0.717) is 28.3 Å². The topological polar surface area (TPSA) is 62.5 Å². The van der Waals surface area contributed by atoms with Crippen LogP contribution < -0.4 is 0 Å². The molecule has 0 aliphatic rings. The van der Waals surface area contributed by atoms with Crippen LogP contribution in [0.3, 0.4) is 0 Å². The van der Waals surface area contributed by atoms with Crippen LogP contribution in [0.25, 0.3) is 79.4 Å². The van der Waals surface area contributed by atoms with E-state index in [1.807, 2.05) is 54.6 Å². The molecule has 5 aromatic carbocycles. The normalized spacial score (nSPS) is 10.6. The summed E-state index contributed by atoms with van der Waals surface area (Å²) < 4.78 is 0. The summed E-state index contributed by atoms with van der Waals surface area (Å²) >= 11 is 0. The first-order valence-electron chi connectivity index (χ1n) is 15.6. The summed E-state index contributed by atoms with van der Waals surface area (Å²) in [6, 6.07) is 51.5. The summed E-state index contributed by atoms with van der Waals surface area (Å²) in [6.07, 6.45) is 3.37. The lowest BCUT2D eigenvalue weighted by molar-refractivity contribution is 1.17. The van der Waals surface area contributed by atoms with Crippen LogP contribution in [0.1, 0.15) is 17.0 Å². The van der Waals surface area contributed by atoms with Gasteiger partial charge in [0.25, 0.3) is 0 Å². The van der Waals surface area contributed by atoms with Gasteiger partial charge in [-0.3, -0.25) is 0 Å². The predicted molar refractivity (Wildman–Crippen MR) is 197 cm³/mol. The molecule has 0 amide bonds. The van der Waals surface area contributed by atoms with Crippen LogP contribution in [0, 0.1) is 11.3 Å². The molecule has 0 saturated carbocycles. The first kappa shape index (κ1) is 30.0. The van der Waals surface area contributed by atoms with Gasteiger partial charge >= 0.3 is 0 Å². The molecule has 0 radical (unpaired) electrons. The van der Waals surface area contributed by atoms with Crippen molar-refractivity contribution >= 4 is 12.2 Å². The first-order valence-corrected chi connectivity index (χ1v) is 15.6. The summed E-state index contributed by atoms with van der Waals surface area (Å²) in [5, 5.41) is 9.52. The highest BCUT2D eigenvalue weighted by Crippen LogP contribution is 2.35. The van der Waals surface area contributed by atoms with Crippen molar-refractivity contribution < 1.29 is 0 Å². The number of pyridine rings is 1. The van der Waals surface area contributed by atoms with Gasteiger partial charge in [-0.2, -0.15) is 5.26 Å². The van der Waals surface area contributed by atoms with E-state index in [4.69, 9.17) is 15.0 Å². The standard InChI is InChI=1S/C44H30N4/c1-3-39-40(4-2)48-44(37-20-11-13-30(25-37)29-45)43(47-39)34-23-21-31(22-24-34)35-18-12-19-36(26-35)38-27-41(32-14-7-5-8-15-32)46-42(28-38)33-16-9-6-10-17-33/h3-28H,1-2H2. The molecule has 0 fully saturated rings. The Morgan fingerprint density at radius 3 is 1.46 bits per heavy atom. The van der Waals surface area contributed by atoms with E-state index in [1.54, 1.807) is 18.2 Å². The van der Waals surface area contributed by atoms with Gasteiger partial charge in [0.2, 0.25) is 0 Å². The Morgan fingerprint density at radius 2 is 0.896 bits per heavy atom. The minimum atomic E-state index is 0.560. The Balaban J connectivity index is 1.28. The molecule has 226 valence electrons. The lowest BCUT2D eigenvalue weighted by atomic mass is 9.95. The third kappa shape index (κ3) is 6.09. The molecule has 0 saturated heterocycles. The molecule has 0 spiro atoms. The SMILES string of the molecule is C=Cc1nc(-c2ccc(-c3cccc(-c4cc(-c5ccccc5)nc(-c5ccccc5)c4)c3)cc2)c(-c2cccc(C#N)c2)nc1C=C. The van der Waals surface area contributed by atoms with E-state index in [0.717, 1.165) is 55.9 Å². The Kier molecular flexibility index (Phi) is 8.33. The van der Waals surface area contributed by atoms with Gasteiger partial charge in [-0.25, -0.2) is 15.0 Å². The Labute approximate surface area is 280 Å². The number of benzene rings is 5. The third-order valence-electron chi connectivity index (χ3n) is 8.26. The summed E-state index contributed by atoms with van der Waals surface area (Å²) in [5.41, 5.74) is 13.4. The maximum absolute atomic E-state index is 9.52. The van der Waals surface area contributed by atoms with Crippen molar-refractivity contribution in [1.82, 2.24) is 15.0 Å². The van der Waals surface area contributed by atoms with Crippen LogP contribution in [0.4, 0.5) is 0 Å². The van der Waals surface area contributed by atoms with Crippen LogP contribution in [0.15, 0.2) is 159 Å². The molecule has 48 heavy (non-hydrogen) atoms. The molecular formula is C44H30N4. The molecule has 7 aromatic rings. The summed E-state index contributed by atoms with van der Waals surface area (Å²) in [4.78, 5) is 14.9. The lowest BCUT2D eigenvalue weighted by Crippen LogP contribution is -2.00. The smallest absolute Gasteiger partial charge is 0.0991 e. The van der Waals surface area contributed by atoms with Crippen LogP contribution >= 0.6 is 0 Å². The molecule has 4 nitrogen and oxygen atoms in total. The van der Waals surface area contributed by atoms with Gasteiger partial charge in [0.15, 0.2) is 0 Å². The molecule has 0 aliphatic heterocycles. The number of hydrogen-bond acceptors (Lipinski definition) is 4. The summed E-state index contributed by atoms with van der Waals surface area (Å²) in [5.74, 6) is 0. The van der Waals surface area contributed by atoms with Crippen LogP contribution in [0.2, 0.25) is 0 Å². The molecular weight excluding hydrogens is 585 g/mol. The molecule has 2 heterocycles. The monoisotopic (exact) mass is 614 g/mol. The van der Waals surface area contributed by atoms with Gasteiger partial charge in [-0.05, 0) is 64.7 Å². The molecule has 0 atom stereocenters. The van der Waals surface area contributed by atoms with Crippen molar-refractivity contribution in [3.05, 3.63) is 176 Å². The first-order chi connectivity index (χ1) is 23.6. The fraction of sp³-hybridized carbons (Fsp3) is 0. The van der Waals surface area contributed by atoms with E-state index < -0.39 is 0 Å². The third-order valence-corrected chi connectivity index (χ3v) is 8.26. The zero-order valence-electron chi connectivity index (χ0n) is 26.2. The average Bonchev–Trinajstić information content (AvgIpc) is 3.18. The fourth-order valence-electron chi connectivity index (χ4n) is 5.81. The van der Waals surface area contributed by atoms with Crippen LogP contribution in [0.5, 0.6) is 0 Å². The van der Waals surface area contributed by atoms with E-state index in [-0.39, 0.29) is 0 Å². The number of aromatic nitrogens is 3. The molecule has 2 aromatic heterocycles. The van der Waals surface area contributed by atoms with Gasteiger partial charge in [0.1, 0.15) is 0 Å². The van der Waals surface area contributed by atoms with Crippen molar-refractivity contribution in [3.8, 4) is 73.4 Å². The van der Waals surface area contributed by atoms with Crippen molar-refractivity contribution in [2.24, 2.45) is 0 Å². The highest BCUT2D eigenvalue weighted by atomic mass is 14.8. The zero-order valence-corrected chi connectivity index (χ0v) is 26.2. The summed E-state index contributed by atoms with van der Waals surface area (Å²) in [6.45, 7) is 7.86. The van der Waals surface area contributed by atoms with Gasteiger partial charge in [0.05, 0.1) is 45.8 Å². The molecule has 0 aliphatic carbocycles. The van der Waals surface area contributed by atoms with Crippen molar-refractivity contribution in [3.63, 3.8) is 0 Å². The maximum atomic E-state index is 9.52. The van der Waals surface area contributed by atoms with E-state index in [1.165, 1.54) is 0 Å². The maximum Gasteiger partial charge on any atom is 0.0991 e. The molecule has 4 heteroatoms. The van der Waals surface area contributed by atoms with Crippen LogP contribution in [-0.2, 0) is 0 Å². The largest absolute Gasteiger partial charge is 0.248 e. The molecule has 7 rings (SSSR count). The Hall–Kier alpha value is -6.70. The lowest BCUT2D eigenvalue weighted by Gasteiger charge is -2.13. The number of hydrogen-bond donors (Lipinski definition) is 0. The Morgan fingerprint density at radius 1 is 0.417 bits per heavy atom.